The Bertz CT molecular complexity index is 1040. The molecule has 0 radical (unpaired) electrons. The molecule has 150 valence electrons. The summed E-state index contributed by atoms with van der Waals surface area (Å²) in [6, 6.07) is 13.1. The summed E-state index contributed by atoms with van der Waals surface area (Å²) >= 11 is 1.33. The summed E-state index contributed by atoms with van der Waals surface area (Å²) in [6.07, 6.45) is 0. The highest BCUT2D eigenvalue weighted by molar-refractivity contribution is 7.17. The fourth-order valence-corrected chi connectivity index (χ4v) is 3.80. The molecule has 2 N–H and O–H groups in total. The van der Waals surface area contributed by atoms with Gasteiger partial charge in [0.25, 0.3) is 5.91 Å². The van der Waals surface area contributed by atoms with Crippen LogP contribution in [0.15, 0.2) is 42.5 Å². The van der Waals surface area contributed by atoms with Gasteiger partial charge in [0.2, 0.25) is 5.91 Å². The van der Waals surface area contributed by atoms with Crippen molar-refractivity contribution < 1.29 is 14.3 Å². The van der Waals surface area contributed by atoms with Crippen LogP contribution in [0.1, 0.15) is 34.8 Å². The zero-order valence-corrected chi connectivity index (χ0v) is 17.6. The molecule has 0 aliphatic rings. The normalized spacial score (nSPS) is 10.5. The number of hydrogen-bond donors (Lipinski definition) is 2. The highest BCUT2D eigenvalue weighted by Gasteiger charge is 2.18. The maximum absolute atomic E-state index is 12.9. The van der Waals surface area contributed by atoms with Crippen LogP contribution in [0.25, 0.3) is 10.6 Å². The summed E-state index contributed by atoms with van der Waals surface area (Å²) in [4.78, 5) is 29.4. The van der Waals surface area contributed by atoms with Gasteiger partial charge in [-0.25, -0.2) is 4.98 Å². The first-order valence-electron chi connectivity index (χ1n) is 9.27. The molecule has 1 heterocycles. The molecule has 0 atom stereocenters. The van der Waals surface area contributed by atoms with Gasteiger partial charge in [0.1, 0.15) is 15.6 Å². The summed E-state index contributed by atoms with van der Waals surface area (Å²) in [5.41, 5.74) is 3.68. The molecular weight excluding hydrogens is 386 g/mol. The number of benzene rings is 2. The largest absolute Gasteiger partial charge is 0.494 e. The summed E-state index contributed by atoms with van der Waals surface area (Å²) in [5.74, 6) is 0.345. The Labute approximate surface area is 173 Å². The molecule has 0 aliphatic carbocycles. The van der Waals surface area contributed by atoms with E-state index < -0.39 is 0 Å². The summed E-state index contributed by atoms with van der Waals surface area (Å²) in [5, 5.41) is 6.41. The van der Waals surface area contributed by atoms with E-state index in [4.69, 9.17) is 4.74 Å². The van der Waals surface area contributed by atoms with Crippen molar-refractivity contribution in [3.05, 3.63) is 58.6 Å². The van der Waals surface area contributed by atoms with Gasteiger partial charge in [-0.15, -0.1) is 11.3 Å². The molecule has 7 heteroatoms. The molecule has 0 fully saturated rings. The lowest BCUT2D eigenvalue weighted by Gasteiger charge is -2.12. The number of amides is 2. The summed E-state index contributed by atoms with van der Waals surface area (Å²) < 4.78 is 5.47. The summed E-state index contributed by atoms with van der Waals surface area (Å²) in [7, 11) is 0. The quantitative estimate of drug-likeness (QED) is 0.598. The average Bonchev–Trinajstić information content (AvgIpc) is 3.06. The van der Waals surface area contributed by atoms with E-state index in [2.05, 4.69) is 15.6 Å². The third kappa shape index (κ3) is 5.00. The number of nitrogens with one attached hydrogen (secondary N) is 2. The van der Waals surface area contributed by atoms with Gasteiger partial charge in [-0.3, -0.25) is 9.59 Å². The van der Waals surface area contributed by atoms with Gasteiger partial charge in [-0.2, -0.15) is 0 Å². The molecular formula is C22H23N3O3S. The van der Waals surface area contributed by atoms with Crippen LogP contribution in [0, 0.1) is 13.8 Å². The fourth-order valence-electron chi connectivity index (χ4n) is 2.83. The number of carbonyl (C=O) groups is 2. The lowest BCUT2D eigenvalue weighted by atomic mass is 10.2. The lowest BCUT2D eigenvalue weighted by molar-refractivity contribution is -0.114. The van der Waals surface area contributed by atoms with Crippen LogP contribution in [0.4, 0.5) is 11.4 Å². The van der Waals surface area contributed by atoms with Crippen molar-refractivity contribution in [3.8, 4) is 16.3 Å². The van der Waals surface area contributed by atoms with Crippen molar-refractivity contribution in [2.75, 3.05) is 17.2 Å². The zero-order valence-electron chi connectivity index (χ0n) is 16.8. The van der Waals surface area contributed by atoms with Crippen molar-refractivity contribution in [2.45, 2.75) is 27.7 Å². The number of hydrogen-bond acceptors (Lipinski definition) is 5. The highest BCUT2D eigenvalue weighted by Crippen LogP contribution is 2.31. The van der Waals surface area contributed by atoms with E-state index in [1.54, 1.807) is 6.07 Å². The van der Waals surface area contributed by atoms with Crippen molar-refractivity contribution >= 4 is 34.5 Å². The van der Waals surface area contributed by atoms with Crippen LogP contribution in [0.2, 0.25) is 0 Å². The Morgan fingerprint density at radius 1 is 1.03 bits per heavy atom. The first-order valence-corrected chi connectivity index (χ1v) is 10.1. The Morgan fingerprint density at radius 2 is 1.76 bits per heavy atom. The van der Waals surface area contributed by atoms with Gasteiger partial charge in [0, 0.05) is 12.5 Å². The first-order chi connectivity index (χ1) is 13.9. The van der Waals surface area contributed by atoms with Crippen LogP contribution in [-0.2, 0) is 4.79 Å². The predicted octanol–water partition coefficient (Wildman–Crippen LogP) is 5.04. The van der Waals surface area contributed by atoms with E-state index in [0.717, 1.165) is 21.9 Å². The minimum Gasteiger partial charge on any atom is -0.494 e. The van der Waals surface area contributed by atoms with Gasteiger partial charge in [-0.1, -0.05) is 6.07 Å². The SMILES string of the molecule is CCOc1ccc(-c2nc(C)c(C(=O)Nc3cc(C)ccc3NC(C)=O)s2)cc1. The Morgan fingerprint density at radius 3 is 2.41 bits per heavy atom. The molecule has 29 heavy (non-hydrogen) atoms. The third-order valence-electron chi connectivity index (χ3n) is 4.15. The third-order valence-corrected chi connectivity index (χ3v) is 5.35. The van der Waals surface area contributed by atoms with Crippen molar-refractivity contribution in [2.24, 2.45) is 0 Å². The van der Waals surface area contributed by atoms with E-state index in [9.17, 15) is 9.59 Å². The molecule has 3 aromatic rings. The van der Waals surface area contributed by atoms with Crippen molar-refractivity contribution in [1.82, 2.24) is 4.98 Å². The number of aryl methyl sites for hydroxylation is 2. The number of rotatable bonds is 6. The van der Waals surface area contributed by atoms with Crippen LogP contribution < -0.4 is 15.4 Å². The number of ether oxygens (including phenoxy) is 1. The minimum atomic E-state index is -0.255. The van der Waals surface area contributed by atoms with Gasteiger partial charge < -0.3 is 15.4 Å². The van der Waals surface area contributed by atoms with Gasteiger partial charge in [-0.05, 0) is 62.7 Å². The number of carbonyl (C=O) groups excluding carboxylic acids is 2. The zero-order chi connectivity index (χ0) is 21.0. The van der Waals surface area contributed by atoms with Crippen LogP contribution >= 0.6 is 11.3 Å². The molecule has 3 rings (SSSR count). The molecule has 2 aromatic carbocycles. The molecule has 0 bridgehead atoms. The number of thiazole rings is 1. The monoisotopic (exact) mass is 409 g/mol. The molecule has 6 nitrogen and oxygen atoms in total. The Balaban J connectivity index is 1.84. The molecule has 0 aliphatic heterocycles. The van der Waals surface area contributed by atoms with E-state index in [1.165, 1.54) is 18.3 Å². The molecule has 0 spiro atoms. The standard InChI is InChI=1S/C22H23N3O3S/c1-5-28-17-9-7-16(8-10-17)22-23-14(3)20(29-22)21(27)25-19-12-13(2)6-11-18(19)24-15(4)26/h6-12H,5H2,1-4H3,(H,24,26)(H,25,27). The Hall–Kier alpha value is -3.19. The van der Waals surface area contributed by atoms with Crippen LogP contribution in [0.3, 0.4) is 0 Å². The van der Waals surface area contributed by atoms with Crippen molar-refractivity contribution in [3.63, 3.8) is 0 Å². The summed E-state index contributed by atoms with van der Waals surface area (Å²) in [6.45, 7) is 7.72. The van der Waals surface area contributed by atoms with Gasteiger partial charge in [0.15, 0.2) is 0 Å². The molecule has 0 unspecified atom stereocenters. The maximum Gasteiger partial charge on any atom is 0.267 e. The van der Waals surface area contributed by atoms with Gasteiger partial charge >= 0.3 is 0 Å². The smallest absolute Gasteiger partial charge is 0.267 e. The minimum absolute atomic E-state index is 0.198. The van der Waals surface area contributed by atoms with Crippen LogP contribution in [-0.4, -0.2) is 23.4 Å². The van der Waals surface area contributed by atoms with E-state index in [0.29, 0.717) is 28.6 Å². The van der Waals surface area contributed by atoms with Crippen LogP contribution in [0.5, 0.6) is 5.75 Å². The van der Waals surface area contributed by atoms with Crippen molar-refractivity contribution in [1.29, 1.82) is 0 Å². The first kappa shape index (κ1) is 20.5. The molecule has 2 amide bonds. The second-order valence-electron chi connectivity index (χ2n) is 6.58. The number of nitrogens with zero attached hydrogens (tertiary/aromatic N) is 1. The second-order valence-corrected chi connectivity index (χ2v) is 7.57. The molecule has 1 aromatic heterocycles. The number of aromatic nitrogens is 1. The topological polar surface area (TPSA) is 80.3 Å². The number of anilines is 2. The lowest BCUT2D eigenvalue weighted by Crippen LogP contribution is -2.15. The maximum atomic E-state index is 12.9. The fraction of sp³-hybridized carbons (Fsp3) is 0.227. The average molecular weight is 410 g/mol. The van der Waals surface area contributed by atoms with E-state index >= 15 is 0 Å². The Kier molecular flexibility index (Phi) is 6.29. The highest BCUT2D eigenvalue weighted by atomic mass is 32.1. The molecule has 0 saturated heterocycles. The predicted molar refractivity (Wildman–Crippen MR) is 117 cm³/mol. The van der Waals surface area contributed by atoms with Gasteiger partial charge in [0.05, 0.1) is 23.7 Å². The van der Waals surface area contributed by atoms with E-state index in [-0.39, 0.29) is 11.8 Å². The van der Waals surface area contributed by atoms with E-state index in [1.807, 2.05) is 57.2 Å². The second kappa shape index (κ2) is 8.87. The molecule has 0 saturated carbocycles.